The van der Waals surface area contributed by atoms with Gasteiger partial charge in [0.2, 0.25) is 0 Å². The monoisotopic (exact) mass is 644 g/mol. The van der Waals surface area contributed by atoms with E-state index in [2.05, 4.69) is 44.6 Å². The van der Waals surface area contributed by atoms with E-state index in [9.17, 15) is 9.59 Å². The van der Waals surface area contributed by atoms with Crippen LogP contribution in [-0.2, 0) is 14.3 Å². The zero-order valence-electron chi connectivity index (χ0n) is 20.0. The maximum Gasteiger partial charge on any atom is 0.310 e. The molecule has 20 heteroatoms. The summed E-state index contributed by atoms with van der Waals surface area (Å²) in [5, 5.41) is 0.989. The Bertz CT molecular complexity index is 1240. The summed E-state index contributed by atoms with van der Waals surface area (Å²) in [7, 11) is 0. The number of nitrogens with two attached hydrogens (primary N) is 3. The summed E-state index contributed by atoms with van der Waals surface area (Å²) in [4.78, 5) is 48.7. The van der Waals surface area contributed by atoms with Gasteiger partial charge in [-0.15, -0.1) is 0 Å². The molecule has 0 unspecified atom stereocenters. The van der Waals surface area contributed by atoms with E-state index in [4.69, 9.17) is 63.6 Å². The van der Waals surface area contributed by atoms with Crippen LogP contribution < -0.4 is 23.4 Å². The van der Waals surface area contributed by atoms with E-state index in [1.165, 1.54) is 32.8 Å². The van der Waals surface area contributed by atoms with E-state index >= 15 is 0 Å². The smallest absolute Gasteiger partial charge is 0.310 e. The van der Waals surface area contributed by atoms with E-state index in [1.54, 1.807) is 0 Å². The summed E-state index contributed by atoms with van der Waals surface area (Å²) in [6, 6.07) is 0. The molecule has 0 aliphatic rings. The van der Waals surface area contributed by atoms with Gasteiger partial charge in [-0.1, -0.05) is 61.3 Å². The van der Waals surface area contributed by atoms with E-state index in [-0.39, 0.29) is 59.1 Å². The molecular formula is C20H32Cl4N12O4. The number of anilines is 3. The quantitative estimate of drug-likeness (QED) is 0.103. The second-order valence-corrected chi connectivity index (χ2v) is 7.53. The van der Waals surface area contributed by atoms with Crippen molar-refractivity contribution in [3.63, 3.8) is 0 Å². The van der Waals surface area contributed by atoms with Crippen LogP contribution in [0.1, 0.15) is 34.5 Å². The van der Waals surface area contributed by atoms with Crippen molar-refractivity contribution >= 4 is 86.7 Å². The van der Waals surface area contributed by atoms with Crippen LogP contribution >= 0.6 is 46.4 Å². The Morgan fingerprint density at radius 1 is 0.750 bits per heavy atom. The highest BCUT2D eigenvalue weighted by molar-refractivity contribution is 6.37. The molecule has 224 valence electrons. The Hall–Kier alpha value is -3.67. The average molecular weight is 646 g/mol. The van der Waals surface area contributed by atoms with Gasteiger partial charge in [-0.3, -0.25) is 9.59 Å². The lowest BCUT2D eigenvalue weighted by Gasteiger charge is -1.96. The van der Waals surface area contributed by atoms with Gasteiger partial charge in [0.15, 0.2) is 32.1 Å². The molecule has 0 fully saturated rings. The largest absolute Gasteiger partial charge is 0.412 e. The lowest BCUT2D eigenvalue weighted by atomic mass is 10.5. The Balaban J connectivity index is -0.000000212. The number of nitrogens with one attached hydrogen (secondary N) is 1. The zero-order valence-corrected chi connectivity index (χ0v) is 23.1. The minimum Gasteiger partial charge on any atom is -0.412 e. The van der Waals surface area contributed by atoms with E-state index in [0.717, 1.165) is 5.82 Å². The van der Waals surface area contributed by atoms with Crippen LogP contribution in [0.15, 0.2) is 19.0 Å². The molecule has 0 atom stereocenters. The highest BCUT2D eigenvalue weighted by atomic mass is 35.5. The van der Waals surface area contributed by atoms with Gasteiger partial charge in [0.25, 0.3) is 0 Å². The number of hydrogen-bond acceptors (Lipinski definition) is 14. The SMILES string of the molecule is C.C.CC(=O)OC(C)=O.Cc1nc2ncnc(Cl)c2[nH]1.N.Nc1c(Cl)ncnc1Cl.Nc1ncnc(Cl)c1N.O. The number of rotatable bonds is 0. The molecule has 40 heavy (non-hydrogen) atoms. The van der Waals surface area contributed by atoms with Gasteiger partial charge in [0, 0.05) is 13.8 Å². The van der Waals surface area contributed by atoms with E-state index in [0.29, 0.717) is 16.3 Å². The Labute approximate surface area is 250 Å². The number of nitrogens with zero attached hydrogens (tertiary/aromatic N) is 7. The molecule has 0 bridgehead atoms. The van der Waals surface area contributed by atoms with Gasteiger partial charge in [-0.2, -0.15) is 0 Å². The summed E-state index contributed by atoms with van der Waals surface area (Å²) in [5.74, 6) is -0.114. The van der Waals surface area contributed by atoms with Crippen molar-refractivity contribution in [2.75, 3.05) is 17.2 Å². The minimum absolute atomic E-state index is 0. The van der Waals surface area contributed by atoms with Gasteiger partial charge < -0.3 is 38.5 Å². The Morgan fingerprint density at radius 2 is 1.15 bits per heavy atom. The number of esters is 2. The van der Waals surface area contributed by atoms with Gasteiger partial charge in [-0.25, -0.2) is 34.9 Å². The maximum atomic E-state index is 9.81. The van der Waals surface area contributed by atoms with E-state index < -0.39 is 11.9 Å². The number of aryl methyl sites for hydroxylation is 1. The van der Waals surface area contributed by atoms with Crippen molar-refractivity contribution < 1.29 is 19.8 Å². The van der Waals surface area contributed by atoms with Gasteiger partial charge in [-0.05, 0) is 6.92 Å². The number of aromatic nitrogens is 8. The fourth-order valence-corrected chi connectivity index (χ4v) is 2.49. The number of carbonyl (C=O) groups is 2. The predicted octanol–water partition coefficient (Wildman–Crippen LogP) is 3.68. The average Bonchev–Trinajstić information content (AvgIpc) is 3.18. The van der Waals surface area contributed by atoms with Crippen LogP contribution in [0, 0.1) is 6.92 Å². The van der Waals surface area contributed by atoms with Crippen LogP contribution in [0.25, 0.3) is 11.2 Å². The molecule has 16 nitrogen and oxygen atoms in total. The van der Waals surface area contributed by atoms with Crippen LogP contribution in [0.4, 0.5) is 17.2 Å². The molecule has 0 saturated heterocycles. The molecule has 0 radical (unpaired) electrons. The van der Waals surface area contributed by atoms with Crippen molar-refractivity contribution in [3.8, 4) is 0 Å². The lowest BCUT2D eigenvalue weighted by molar-refractivity contribution is -0.156. The third-order valence-corrected chi connectivity index (χ3v) is 4.49. The molecular weight excluding hydrogens is 614 g/mol. The first-order valence-electron chi connectivity index (χ1n) is 9.28. The third kappa shape index (κ3) is 15.1. The summed E-state index contributed by atoms with van der Waals surface area (Å²) < 4.78 is 3.97. The topological polar surface area (TPSA) is 294 Å². The molecule has 4 rings (SSSR count). The predicted molar refractivity (Wildman–Crippen MR) is 158 cm³/mol. The van der Waals surface area contributed by atoms with Crippen LogP contribution in [0.2, 0.25) is 20.6 Å². The molecule has 12 N–H and O–H groups in total. The van der Waals surface area contributed by atoms with Crippen LogP contribution in [0.5, 0.6) is 0 Å². The molecule has 0 aliphatic heterocycles. The summed E-state index contributed by atoms with van der Waals surface area (Å²) >= 11 is 22.1. The molecule has 0 aliphatic carbocycles. The Kier molecular flexibility index (Phi) is 23.0. The minimum atomic E-state index is -0.562. The molecule has 0 aromatic carbocycles. The van der Waals surface area contributed by atoms with E-state index in [1.807, 2.05) is 6.92 Å². The lowest BCUT2D eigenvalue weighted by Crippen LogP contribution is -2.03. The first kappa shape index (κ1) is 43.4. The normalized spacial score (nSPS) is 8.57. The molecule has 0 amide bonds. The maximum absolute atomic E-state index is 9.81. The number of ether oxygens (including phenoxy) is 1. The summed E-state index contributed by atoms with van der Waals surface area (Å²) in [6.07, 6.45) is 3.90. The molecule has 4 aromatic heterocycles. The zero-order chi connectivity index (χ0) is 27.4. The Morgan fingerprint density at radius 3 is 1.50 bits per heavy atom. The van der Waals surface area contributed by atoms with Crippen LogP contribution in [-0.4, -0.2) is 57.3 Å². The number of aromatic amines is 1. The molecule has 0 spiro atoms. The number of halogens is 4. The summed E-state index contributed by atoms with van der Waals surface area (Å²) in [5.41, 5.74) is 17.6. The fourth-order valence-electron chi connectivity index (χ4n) is 1.86. The van der Waals surface area contributed by atoms with Crippen molar-refractivity contribution in [3.05, 3.63) is 45.4 Å². The first-order valence-corrected chi connectivity index (χ1v) is 10.8. The standard InChI is InChI=1S/C6H5ClN4.C4H3Cl2N3.C4H5ClN4.C4H6O3.2CH4.H3N.H2O/c1-3-10-4-5(7)8-2-9-6(4)11-3;5-3-2(7)4(6)9-1-8-3;5-3-2(6)4(7)9-1-8-3;1-3(5)7-4(2)6;;;;/h2H,1H3,(H,8,9,10,11);1H,7H2;1H,6H2,(H2,7,8,9);1-2H3;2*1H4;1H3;1H2. The first-order chi connectivity index (χ1) is 16.8. The number of carbonyl (C=O) groups excluding carboxylic acids is 2. The van der Waals surface area contributed by atoms with Crippen molar-refractivity contribution in [1.82, 2.24) is 46.0 Å². The number of imidazole rings is 1. The fraction of sp³-hybridized carbons (Fsp3) is 0.250. The van der Waals surface area contributed by atoms with Gasteiger partial charge in [0.05, 0.1) is 0 Å². The number of hydrogen-bond donors (Lipinski definition) is 5. The second kappa shape index (κ2) is 21.2. The third-order valence-electron chi connectivity index (χ3n) is 3.30. The van der Waals surface area contributed by atoms with Gasteiger partial charge in [0.1, 0.15) is 41.7 Å². The summed E-state index contributed by atoms with van der Waals surface area (Å²) in [6.45, 7) is 4.21. The van der Waals surface area contributed by atoms with Crippen molar-refractivity contribution in [1.29, 1.82) is 0 Å². The molecule has 4 heterocycles. The number of H-pyrrole nitrogens is 1. The van der Waals surface area contributed by atoms with Crippen molar-refractivity contribution in [2.24, 2.45) is 0 Å². The van der Waals surface area contributed by atoms with Gasteiger partial charge >= 0.3 is 11.9 Å². The highest BCUT2D eigenvalue weighted by Crippen LogP contribution is 2.21. The second-order valence-electron chi connectivity index (χ2n) is 6.10. The van der Waals surface area contributed by atoms with Crippen LogP contribution in [0.3, 0.4) is 0 Å². The number of fused-ring (bicyclic) bond motifs is 1. The molecule has 4 aromatic rings. The number of nitrogen functional groups attached to an aromatic ring is 3. The molecule has 0 saturated carbocycles. The highest BCUT2D eigenvalue weighted by Gasteiger charge is 2.04. The van der Waals surface area contributed by atoms with Crippen molar-refractivity contribution in [2.45, 2.75) is 35.6 Å².